The second-order valence-electron chi connectivity index (χ2n) is 5.95. The van der Waals surface area contributed by atoms with Crippen molar-refractivity contribution in [1.29, 1.82) is 0 Å². The summed E-state index contributed by atoms with van der Waals surface area (Å²) in [6.45, 7) is 3.58. The van der Waals surface area contributed by atoms with Crippen molar-refractivity contribution in [2.75, 3.05) is 13.2 Å². The van der Waals surface area contributed by atoms with E-state index in [0.29, 0.717) is 18.5 Å². The predicted molar refractivity (Wildman–Crippen MR) is 105 cm³/mol. The van der Waals surface area contributed by atoms with Crippen molar-refractivity contribution in [3.63, 3.8) is 0 Å². The second kappa shape index (κ2) is 9.82. The van der Waals surface area contributed by atoms with Crippen LogP contribution in [0.1, 0.15) is 32.3 Å². The summed E-state index contributed by atoms with van der Waals surface area (Å²) in [6, 6.07) is 8.58. The monoisotopic (exact) mass is 389 g/mol. The Bertz CT molecular complexity index is 749. The molecular formula is C19H23N3O4S. The molecule has 8 heteroatoms. The third-order valence-electron chi connectivity index (χ3n) is 3.86. The number of amides is 2. The maximum atomic E-state index is 12.5. The predicted octanol–water partition coefficient (Wildman–Crippen LogP) is 1.59. The molecule has 1 aliphatic heterocycles. The number of nitrogens with one attached hydrogen (secondary N) is 2. The van der Waals surface area contributed by atoms with Gasteiger partial charge in [-0.25, -0.2) is 4.79 Å². The van der Waals surface area contributed by atoms with E-state index in [9.17, 15) is 14.4 Å². The van der Waals surface area contributed by atoms with Crippen molar-refractivity contribution in [2.24, 2.45) is 0 Å². The van der Waals surface area contributed by atoms with Crippen molar-refractivity contribution in [3.05, 3.63) is 41.6 Å². The number of hydrogen-bond acceptors (Lipinski definition) is 5. The van der Waals surface area contributed by atoms with E-state index in [1.54, 1.807) is 13.0 Å². The Labute approximate surface area is 163 Å². The molecule has 1 aromatic carbocycles. The van der Waals surface area contributed by atoms with Gasteiger partial charge in [0.05, 0.1) is 6.61 Å². The van der Waals surface area contributed by atoms with Crippen LogP contribution in [0, 0.1) is 0 Å². The Morgan fingerprint density at radius 1 is 1.30 bits per heavy atom. The summed E-state index contributed by atoms with van der Waals surface area (Å²) >= 11 is 5.17. The Balaban J connectivity index is 2.02. The van der Waals surface area contributed by atoms with Crippen molar-refractivity contribution in [2.45, 2.75) is 32.7 Å². The largest absolute Gasteiger partial charge is 0.464 e. The van der Waals surface area contributed by atoms with Gasteiger partial charge in [-0.3, -0.25) is 14.5 Å². The first-order valence-electron chi connectivity index (χ1n) is 8.81. The topological polar surface area (TPSA) is 87.7 Å². The van der Waals surface area contributed by atoms with E-state index in [-0.39, 0.29) is 24.2 Å². The maximum absolute atomic E-state index is 12.5. The third kappa shape index (κ3) is 5.62. The van der Waals surface area contributed by atoms with Gasteiger partial charge in [-0.15, -0.1) is 0 Å². The number of ether oxygens (including phenoxy) is 1. The summed E-state index contributed by atoms with van der Waals surface area (Å²) in [7, 11) is 0. The van der Waals surface area contributed by atoms with Crippen LogP contribution in [0.5, 0.6) is 0 Å². The quantitative estimate of drug-likeness (QED) is 0.399. The molecule has 0 aromatic heterocycles. The van der Waals surface area contributed by atoms with Crippen LogP contribution in [-0.2, 0) is 19.1 Å². The molecule has 0 bridgehead atoms. The fraction of sp³-hybridized carbons (Fsp3) is 0.368. The molecule has 0 spiro atoms. The van der Waals surface area contributed by atoms with Crippen LogP contribution >= 0.6 is 12.2 Å². The SMILES string of the molecule is CCCC(NC(=O)CN1C(=O)/C(=C/c2ccccc2)NC1=S)C(=O)OCC. The fourth-order valence-electron chi connectivity index (χ4n) is 2.60. The molecule has 1 aliphatic rings. The van der Waals surface area contributed by atoms with Crippen LogP contribution in [-0.4, -0.2) is 47.0 Å². The average molecular weight is 389 g/mol. The zero-order valence-electron chi connectivity index (χ0n) is 15.4. The lowest BCUT2D eigenvalue weighted by molar-refractivity contribution is -0.147. The van der Waals surface area contributed by atoms with E-state index in [0.717, 1.165) is 5.56 Å². The number of carbonyl (C=O) groups excluding carboxylic acids is 3. The van der Waals surface area contributed by atoms with E-state index < -0.39 is 17.9 Å². The van der Waals surface area contributed by atoms with Gasteiger partial charge >= 0.3 is 5.97 Å². The number of esters is 1. The zero-order valence-corrected chi connectivity index (χ0v) is 16.2. The van der Waals surface area contributed by atoms with Gasteiger partial charge in [0.2, 0.25) is 5.91 Å². The molecule has 2 N–H and O–H groups in total. The minimum Gasteiger partial charge on any atom is -0.464 e. The van der Waals surface area contributed by atoms with Crippen LogP contribution in [0.4, 0.5) is 0 Å². The van der Waals surface area contributed by atoms with Gasteiger partial charge in [0.1, 0.15) is 18.3 Å². The standard InChI is InChI=1S/C19H23N3O4S/c1-3-8-14(18(25)26-4-2)20-16(23)12-22-17(24)15(21-19(22)27)11-13-9-6-5-7-10-13/h5-7,9-11,14H,3-4,8,12H2,1-2H3,(H,20,23)(H,21,27)/b15-11-. The first kappa shape index (κ1) is 20.6. The molecule has 27 heavy (non-hydrogen) atoms. The fourth-order valence-corrected chi connectivity index (χ4v) is 2.85. The summed E-state index contributed by atoms with van der Waals surface area (Å²) in [5.74, 6) is -1.34. The molecule has 144 valence electrons. The van der Waals surface area contributed by atoms with Crippen molar-refractivity contribution in [3.8, 4) is 0 Å². The van der Waals surface area contributed by atoms with E-state index in [1.165, 1.54) is 4.90 Å². The summed E-state index contributed by atoms with van der Waals surface area (Å²) in [4.78, 5) is 38.0. The van der Waals surface area contributed by atoms with E-state index in [1.807, 2.05) is 37.3 Å². The van der Waals surface area contributed by atoms with Gasteiger partial charge in [-0.1, -0.05) is 43.7 Å². The molecule has 2 rings (SSSR count). The van der Waals surface area contributed by atoms with Crippen LogP contribution in [0.2, 0.25) is 0 Å². The molecule has 1 unspecified atom stereocenters. The van der Waals surface area contributed by atoms with Crippen molar-refractivity contribution in [1.82, 2.24) is 15.5 Å². The van der Waals surface area contributed by atoms with Gasteiger partial charge in [0.25, 0.3) is 5.91 Å². The van der Waals surface area contributed by atoms with Gasteiger partial charge < -0.3 is 15.4 Å². The van der Waals surface area contributed by atoms with Crippen LogP contribution in [0.3, 0.4) is 0 Å². The lowest BCUT2D eigenvalue weighted by Gasteiger charge is -2.19. The van der Waals surface area contributed by atoms with E-state index in [2.05, 4.69) is 10.6 Å². The minimum atomic E-state index is -0.735. The Hall–Kier alpha value is -2.74. The lowest BCUT2D eigenvalue weighted by Crippen LogP contribution is -2.47. The van der Waals surface area contributed by atoms with Crippen LogP contribution in [0.25, 0.3) is 6.08 Å². The van der Waals surface area contributed by atoms with Crippen molar-refractivity contribution < 1.29 is 19.1 Å². The number of rotatable bonds is 8. The highest BCUT2D eigenvalue weighted by molar-refractivity contribution is 7.80. The minimum absolute atomic E-state index is 0.153. The van der Waals surface area contributed by atoms with Gasteiger partial charge in [-0.2, -0.15) is 0 Å². The number of thiocarbonyl (C=S) groups is 1. The van der Waals surface area contributed by atoms with Crippen LogP contribution < -0.4 is 10.6 Å². The molecule has 7 nitrogen and oxygen atoms in total. The summed E-state index contributed by atoms with van der Waals surface area (Å²) in [5.41, 5.74) is 1.14. The Kier molecular flexibility index (Phi) is 7.48. The lowest BCUT2D eigenvalue weighted by atomic mass is 10.1. The third-order valence-corrected chi connectivity index (χ3v) is 4.18. The average Bonchev–Trinajstić information content (AvgIpc) is 2.90. The van der Waals surface area contributed by atoms with Gasteiger partial charge in [0.15, 0.2) is 5.11 Å². The maximum Gasteiger partial charge on any atom is 0.328 e. The first-order chi connectivity index (χ1) is 13.0. The smallest absolute Gasteiger partial charge is 0.328 e. The number of carbonyl (C=O) groups is 3. The Morgan fingerprint density at radius 3 is 2.63 bits per heavy atom. The second-order valence-corrected chi connectivity index (χ2v) is 6.34. The summed E-state index contributed by atoms with van der Waals surface area (Å²) < 4.78 is 4.97. The number of hydrogen-bond donors (Lipinski definition) is 2. The highest BCUT2D eigenvalue weighted by Crippen LogP contribution is 2.14. The molecule has 1 aromatic rings. The number of nitrogens with zero attached hydrogens (tertiary/aromatic N) is 1. The summed E-state index contributed by atoms with van der Waals surface area (Å²) in [6.07, 6.45) is 2.84. The van der Waals surface area contributed by atoms with Crippen molar-refractivity contribution >= 4 is 41.2 Å². The van der Waals surface area contributed by atoms with E-state index in [4.69, 9.17) is 17.0 Å². The molecule has 1 heterocycles. The van der Waals surface area contributed by atoms with Gasteiger partial charge in [-0.05, 0) is 37.2 Å². The zero-order chi connectivity index (χ0) is 19.8. The first-order valence-corrected chi connectivity index (χ1v) is 9.22. The molecule has 1 atom stereocenters. The normalized spacial score (nSPS) is 16.2. The van der Waals surface area contributed by atoms with Gasteiger partial charge in [0, 0.05) is 0 Å². The highest BCUT2D eigenvalue weighted by atomic mass is 32.1. The molecule has 0 saturated carbocycles. The molecule has 1 fully saturated rings. The molecule has 0 aliphatic carbocycles. The molecular weight excluding hydrogens is 366 g/mol. The van der Waals surface area contributed by atoms with E-state index >= 15 is 0 Å². The molecule has 1 saturated heterocycles. The number of benzene rings is 1. The molecule has 2 amide bonds. The highest BCUT2D eigenvalue weighted by Gasteiger charge is 2.33. The molecule has 0 radical (unpaired) electrons. The van der Waals surface area contributed by atoms with Crippen LogP contribution in [0.15, 0.2) is 36.0 Å². The Morgan fingerprint density at radius 2 is 2.00 bits per heavy atom. The summed E-state index contributed by atoms with van der Waals surface area (Å²) in [5, 5.41) is 5.60.